The summed E-state index contributed by atoms with van der Waals surface area (Å²) in [5.41, 5.74) is 0.782. The third kappa shape index (κ3) is 3.95. The normalized spacial score (nSPS) is 9.45. The number of aromatic carboxylic acids is 1. The largest absolute Gasteiger partial charge is 1.00 e. The third-order valence-electron chi connectivity index (χ3n) is 2.48. The smallest absolute Gasteiger partial charge is 0.545 e. The molecular weight excluding hydrogens is 256 g/mol. The molecule has 0 spiro atoms. The Morgan fingerprint density at radius 3 is 1.90 bits per heavy atom. The van der Waals surface area contributed by atoms with Crippen molar-refractivity contribution in [3.05, 3.63) is 65.5 Å². The molecule has 0 atom stereocenters. The van der Waals surface area contributed by atoms with Crippen LogP contribution in [0, 0.1) is 5.82 Å². The maximum absolute atomic E-state index is 12.7. The van der Waals surface area contributed by atoms with Gasteiger partial charge in [-0.05, 0) is 42.0 Å². The minimum absolute atomic E-state index is 0. The monoisotopic (exact) mass is 265 g/mol. The molecule has 6 heteroatoms. The third-order valence-corrected chi connectivity index (χ3v) is 2.48. The van der Waals surface area contributed by atoms with Gasteiger partial charge in [0.15, 0.2) is 0 Å². The number of anilines is 1. The van der Waals surface area contributed by atoms with Gasteiger partial charge in [0.25, 0.3) is 5.91 Å². The van der Waals surface area contributed by atoms with Gasteiger partial charge in [-0.25, -0.2) is 4.39 Å². The number of halogens is 1. The number of rotatable bonds is 3. The van der Waals surface area contributed by atoms with Crippen LogP contribution in [0.1, 0.15) is 20.7 Å². The Bertz CT molecular complexity index is 611. The molecule has 0 bridgehead atoms. The summed E-state index contributed by atoms with van der Waals surface area (Å²) in [7, 11) is 0. The van der Waals surface area contributed by atoms with Gasteiger partial charge in [0.2, 0.25) is 0 Å². The van der Waals surface area contributed by atoms with Gasteiger partial charge in [-0.1, -0.05) is 12.1 Å². The Morgan fingerprint density at radius 1 is 0.900 bits per heavy atom. The summed E-state index contributed by atoms with van der Waals surface area (Å²) >= 11 is 0. The van der Waals surface area contributed by atoms with Crippen molar-refractivity contribution in [3.8, 4) is 0 Å². The van der Waals surface area contributed by atoms with E-state index in [1.807, 2.05) is 0 Å². The van der Waals surface area contributed by atoms with Crippen molar-refractivity contribution in [3.63, 3.8) is 0 Å². The number of amides is 1. The van der Waals surface area contributed by atoms with Crippen molar-refractivity contribution < 1.29 is 37.9 Å². The molecule has 0 aliphatic rings. The summed E-state index contributed by atoms with van der Waals surface area (Å²) in [5, 5.41) is 13.1. The number of carboxylic acid groups (broad SMARTS) is 1. The summed E-state index contributed by atoms with van der Waals surface area (Å²) in [6, 6.07) is 10.7. The fourth-order valence-corrected chi connectivity index (χ4v) is 1.49. The van der Waals surface area contributed by atoms with Crippen molar-refractivity contribution in [2.45, 2.75) is 0 Å². The van der Waals surface area contributed by atoms with Crippen molar-refractivity contribution in [1.29, 1.82) is 0 Å². The van der Waals surface area contributed by atoms with Gasteiger partial charge >= 0.3 is 18.9 Å². The second kappa shape index (κ2) is 6.90. The van der Waals surface area contributed by atoms with E-state index in [1.54, 1.807) is 0 Å². The molecule has 0 aromatic heterocycles. The minimum Gasteiger partial charge on any atom is -0.545 e. The zero-order chi connectivity index (χ0) is 13.8. The van der Waals surface area contributed by atoms with Crippen LogP contribution in [0.25, 0.3) is 0 Å². The molecule has 2 aromatic rings. The zero-order valence-corrected chi connectivity index (χ0v) is 10.7. The minimum atomic E-state index is -1.28. The molecule has 1 N–H and O–H groups in total. The zero-order valence-electron chi connectivity index (χ0n) is 10.7. The fraction of sp³-hybridized carbons (Fsp3) is 0. The molecule has 4 nitrogen and oxygen atoms in total. The summed E-state index contributed by atoms with van der Waals surface area (Å²) in [5.74, 6) is -2.10. The molecule has 20 heavy (non-hydrogen) atoms. The topological polar surface area (TPSA) is 69.2 Å². The van der Waals surface area contributed by atoms with E-state index >= 15 is 0 Å². The average Bonchev–Trinajstić information content (AvgIpc) is 2.40. The standard InChI is InChI=1S/C14H10FNO3.Li/c15-11-5-1-9(2-6-11)13(17)16-12-7-3-10(4-8-12)14(18)19;/h1-8H,(H,16,17)(H,18,19);/q;+1/p-1. The van der Waals surface area contributed by atoms with Gasteiger partial charge in [0.05, 0.1) is 5.97 Å². The number of nitrogens with one attached hydrogen (secondary N) is 1. The van der Waals surface area contributed by atoms with Crippen LogP contribution in [0.4, 0.5) is 10.1 Å². The number of carbonyl (C=O) groups excluding carboxylic acids is 2. The quantitative estimate of drug-likeness (QED) is 0.683. The van der Waals surface area contributed by atoms with Crippen molar-refractivity contribution >= 4 is 17.6 Å². The van der Waals surface area contributed by atoms with E-state index in [9.17, 15) is 19.1 Å². The van der Waals surface area contributed by atoms with Crippen LogP contribution in [0.15, 0.2) is 48.5 Å². The molecule has 96 valence electrons. The SMILES string of the molecule is O=C([O-])c1ccc(NC(=O)c2ccc(F)cc2)cc1.[Li+]. The first-order chi connectivity index (χ1) is 9.06. The summed E-state index contributed by atoms with van der Waals surface area (Å²) < 4.78 is 12.7. The summed E-state index contributed by atoms with van der Waals surface area (Å²) in [6.07, 6.45) is 0. The first kappa shape index (κ1) is 16.0. The predicted octanol–water partition coefficient (Wildman–Crippen LogP) is -1.55. The van der Waals surface area contributed by atoms with E-state index in [1.165, 1.54) is 48.5 Å². The molecule has 2 rings (SSSR count). The number of carbonyl (C=O) groups is 2. The van der Waals surface area contributed by atoms with Gasteiger partial charge in [-0.2, -0.15) is 0 Å². The molecular formula is C14H9FLiNO3. The molecule has 0 saturated heterocycles. The van der Waals surface area contributed by atoms with Gasteiger partial charge < -0.3 is 15.2 Å². The van der Waals surface area contributed by atoms with Gasteiger partial charge in [0.1, 0.15) is 5.82 Å². The molecule has 0 radical (unpaired) electrons. The Kier molecular flexibility index (Phi) is 5.50. The average molecular weight is 265 g/mol. The van der Waals surface area contributed by atoms with Crippen LogP contribution in [0.2, 0.25) is 0 Å². The van der Waals surface area contributed by atoms with Crippen LogP contribution in [0.5, 0.6) is 0 Å². The van der Waals surface area contributed by atoms with E-state index in [4.69, 9.17) is 0 Å². The van der Waals surface area contributed by atoms with Crippen LogP contribution >= 0.6 is 0 Å². The van der Waals surface area contributed by atoms with Gasteiger partial charge in [0, 0.05) is 11.3 Å². The van der Waals surface area contributed by atoms with Crippen molar-refractivity contribution in [2.24, 2.45) is 0 Å². The summed E-state index contributed by atoms with van der Waals surface area (Å²) in [6.45, 7) is 0. The maximum Gasteiger partial charge on any atom is 1.00 e. The Morgan fingerprint density at radius 2 is 1.40 bits per heavy atom. The first-order valence-electron chi connectivity index (χ1n) is 5.44. The van der Waals surface area contributed by atoms with Gasteiger partial charge in [-0.15, -0.1) is 0 Å². The maximum atomic E-state index is 12.7. The van der Waals surface area contributed by atoms with Crippen molar-refractivity contribution in [1.82, 2.24) is 0 Å². The van der Waals surface area contributed by atoms with Crippen LogP contribution < -0.4 is 29.3 Å². The fourth-order valence-electron chi connectivity index (χ4n) is 1.49. The van der Waals surface area contributed by atoms with Crippen molar-refractivity contribution in [2.75, 3.05) is 5.32 Å². The molecule has 0 saturated carbocycles. The predicted molar refractivity (Wildman–Crippen MR) is 65.1 cm³/mol. The van der Waals surface area contributed by atoms with Crippen LogP contribution in [-0.4, -0.2) is 11.9 Å². The van der Waals surface area contributed by atoms with Crippen LogP contribution in [-0.2, 0) is 0 Å². The van der Waals surface area contributed by atoms with E-state index in [0.29, 0.717) is 11.3 Å². The number of carboxylic acids is 1. The second-order valence-corrected chi connectivity index (χ2v) is 3.83. The molecule has 0 heterocycles. The molecule has 2 aromatic carbocycles. The van der Waals surface area contributed by atoms with Gasteiger partial charge in [-0.3, -0.25) is 4.79 Å². The number of hydrogen-bond acceptors (Lipinski definition) is 3. The number of hydrogen-bond donors (Lipinski definition) is 1. The molecule has 1 amide bonds. The summed E-state index contributed by atoms with van der Waals surface area (Å²) in [4.78, 5) is 22.3. The second-order valence-electron chi connectivity index (χ2n) is 3.83. The van der Waals surface area contributed by atoms with E-state index in [2.05, 4.69) is 5.32 Å². The number of benzene rings is 2. The van der Waals surface area contributed by atoms with E-state index in [0.717, 1.165) is 0 Å². The Hall–Kier alpha value is -2.09. The Balaban J connectivity index is 0.00000200. The first-order valence-corrected chi connectivity index (χ1v) is 5.44. The van der Waals surface area contributed by atoms with E-state index in [-0.39, 0.29) is 24.4 Å². The Labute approximate surface area is 126 Å². The molecule has 0 aliphatic carbocycles. The van der Waals surface area contributed by atoms with Crippen LogP contribution in [0.3, 0.4) is 0 Å². The molecule has 0 aliphatic heterocycles. The molecule has 0 unspecified atom stereocenters. The molecule has 0 fully saturated rings. The van der Waals surface area contributed by atoms with E-state index < -0.39 is 17.7 Å².